The van der Waals surface area contributed by atoms with Crippen LogP contribution in [0.25, 0.3) is 0 Å². The molecule has 0 aromatic carbocycles. The van der Waals surface area contributed by atoms with Gasteiger partial charge in [-0.1, -0.05) is 97.3 Å². The first-order valence-electron chi connectivity index (χ1n) is 17.8. The first-order valence-corrected chi connectivity index (χ1v) is 17.8. The molecule has 0 radical (unpaired) electrons. The molecular formula is C35H67NO5. The van der Waals surface area contributed by atoms with E-state index >= 15 is 0 Å². The Bertz CT molecular complexity index is 605. The van der Waals surface area contributed by atoms with Gasteiger partial charge in [-0.25, -0.2) is 0 Å². The molecule has 1 aliphatic rings. The summed E-state index contributed by atoms with van der Waals surface area (Å²) < 4.78 is 11.1. The van der Waals surface area contributed by atoms with Gasteiger partial charge in [0.2, 0.25) is 0 Å². The minimum absolute atomic E-state index is 0.0179. The molecule has 1 fully saturated rings. The lowest BCUT2D eigenvalue weighted by atomic mass is 9.84. The summed E-state index contributed by atoms with van der Waals surface area (Å²) in [5, 5.41) is 9.44. The van der Waals surface area contributed by atoms with Crippen LogP contribution >= 0.6 is 0 Å². The molecule has 41 heavy (non-hydrogen) atoms. The zero-order chi connectivity index (χ0) is 29.8. The molecular weight excluding hydrogens is 514 g/mol. The molecule has 0 unspecified atom stereocenters. The van der Waals surface area contributed by atoms with Gasteiger partial charge in [-0.2, -0.15) is 0 Å². The van der Waals surface area contributed by atoms with Crippen molar-refractivity contribution in [2.75, 3.05) is 32.8 Å². The summed E-state index contributed by atoms with van der Waals surface area (Å²) in [4.78, 5) is 26.5. The number of ether oxygens (including phenoxy) is 2. The Morgan fingerprint density at radius 3 is 1.80 bits per heavy atom. The Hall–Kier alpha value is -1.14. The molecule has 0 aliphatic heterocycles. The highest BCUT2D eigenvalue weighted by Crippen LogP contribution is 2.30. The van der Waals surface area contributed by atoms with Crippen LogP contribution in [-0.2, 0) is 19.1 Å². The fraction of sp³-hybridized carbons (Fsp3) is 0.943. The maximum absolute atomic E-state index is 12.3. The van der Waals surface area contributed by atoms with E-state index in [0.29, 0.717) is 26.0 Å². The van der Waals surface area contributed by atoms with Crippen LogP contribution in [-0.4, -0.2) is 60.9 Å². The first kappa shape index (κ1) is 37.9. The van der Waals surface area contributed by atoms with Crippen molar-refractivity contribution < 1.29 is 24.2 Å². The summed E-state index contributed by atoms with van der Waals surface area (Å²) in [6.07, 6.45) is 26.7. The second-order valence-electron chi connectivity index (χ2n) is 12.5. The Kier molecular flexibility index (Phi) is 25.6. The number of hydrogen-bond donors (Lipinski definition) is 1. The van der Waals surface area contributed by atoms with Crippen LogP contribution < -0.4 is 0 Å². The minimum atomic E-state index is -0.0386. The smallest absolute Gasteiger partial charge is 0.306 e. The number of nitrogens with zero attached hydrogens (tertiary/aromatic N) is 1. The topological polar surface area (TPSA) is 76.1 Å². The number of aliphatic hydroxyl groups is 1. The number of esters is 2. The van der Waals surface area contributed by atoms with Gasteiger partial charge in [0.1, 0.15) is 6.10 Å². The summed E-state index contributed by atoms with van der Waals surface area (Å²) in [6.45, 7) is 7.95. The largest absolute Gasteiger partial charge is 0.466 e. The Balaban J connectivity index is 1.95. The highest BCUT2D eigenvalue weighted by Gasteiger charge is 2.23. The normalized spacial score (nSPS) is 17.2. The molecule has 0 saturated heterocycles. The Morgan fingerprint density at radius 1 is 0.634 bits per heavy atom. The van der Waals surface area contributed by atoms with Gasteiger partial charge < -0.3 is 19.5 Å². The number of aliphatic hydroxyl groups excluding tert-OH is 1. The van der Waals surface area contributed by atoms with Crippen LogP contribution in [0.1, 0.15) is 168 Å². The van der Waals surface area contributed by atoms with Crippen LogP contribution in [0.15, 0.2) is 0 Å². The van der Waals surface area contributed by atoms with E-state index in [2.05, 4.69) is 18.7 Å². The maximum Gasteiger partial charge on any atom is 0.306 e. The molecule has 0 heterocycles. The van der Waals surface area contributed by atoms with Crippen molar-refractivity contribution in [2.24, 2.45) is 5.92 Å². The predicted octanol–water partition coefficient (Wildman–Crippen LogP) is 8.77. The zero-order valence-electron chi connectivity index (χ0n) is 27.2. The van der Waals surface area contributed by atoms with E-state index in [-0.39, 0.29) is 24.6 Å². The third-order valence-corrected chi connectivity index (χ3v) is 8.70. The van der Waals surface area contributed by atoms with Crippen LogP contribution in [0.2, 0.25) is 0 Å². The highest BCUT2D eigenvalue weighted by atomic mass is 16.5. The number of carbonyl (C=O) groups is 2. The van der Waals surface area contributed by atoms with Crippen molar-refractivity contribution >= 4 is 11.9 Å². The van der Waals surface area contributed by atoms with Gasteiger partial charge in [-0.05, 0) is 76.8 Å². The molecule has 0 bridgehead atoms. The van der Waals surface area contributed by atoms with Gasteiger partial charge in [0.25, 0.3) is 0 Å². The third kappa shape index (κ3) is 23.0. The van der Waals surface area contributed by atoms with Crippen LogP contribution in [0.3, 0.4) is 0 Å². The van der Waals surface area contributed by atoms with Gasteiger partial charge in [0.15, 0.2) is 0 Å². The predicted molar refractivity (Wildman–Crippen MR) is 170 cm³/mol. The fourth-order valence-electron chi connectivity index (χ4n) is 5.99. The third-order valence-electron chi connectivity index (χ3n) is 8.70. The Morgan fingerprint density at radius 2 is 1.17 bits per heavy atom. The van der Waals surface area contributed by atoms with E-state index in [4.69, 9.17) is 9.47 Å². The summed E-state index contributed by atoms with van der Waals surface area (Å²) in [5.74, 6) is 0.783. The second-order valence-corrected chi connectivity index (χ2v) is 12.5. The lowest BCUT2D eigenvalue weighted by molar-refractivity contribution is -0.151. The molecule has 0 atom stereocenters. The molecule has 0 aromatic heterocycles. The van der Waals surface area contributed by atoms with Crippen LogP contribution in [0.4, 0.5) is 0 Å². The van der Waals surface area contributed by atoms with Gasteiger partial charge in [0, 0.05) is 19.4 Å². The molecule has 242 valence electrons. The highest BCUT2D eigenvalue weighted by molar-refractivity contribution is 5.69. The van der Waals surface area contributed by atoms with E-state index < -0.39 is 0 Å². The molecule has 6 nitrogen and oxygen atoms in total. The number of unbranched alkanes of at least 4 members (excludes halogenated alkanes) is 13. The molecule has 1 aliphatic carbocycles. The van der Waals surface area contributed by atoms with Gasteiger partial charge in [-0.3, -0.25) is 9.59 Å². The van der Waals surface area contributed by atoms with Gasteiger partial charge in [0.05, 0.1) is 13.2 Å². The zero-order valence-corrected chi connectivity index (χ0v) is 27.2. The first-order chi connectivity index (χ1) is 20.1. The summed E-state index contributed by atoms with van der Waals surface area (Å²) >= 11 is 0. The van der Waals surface area contributed by atoms with E-state index in [9.17, 15) is 14.7 Å². The molecule has 1 saturated carbocycles. The minimum Gasteiger partial charge on any atom is -0.466 e. The monoisotopic (exact) mass is 582 g/mol. The number of rotatable bonds is 28. The van der Waals surface area contributed by atoms with Crippen molar-refractivity contribution in [2.45, 2.75) is 174 Å². The maximum atomic E-state index is 12.3. The van der Waals surface area contributed by atoms with E-state index in [0.717, 1.165) is 89.6 Å². The van der Waals surface area contributed by atoms with E-state index in [1.807, 2.05) is 0 Å². The quantitative estimate of drug-likeness (QED) is 0.0735. The Labute approximate surface area is 253 Å². The number of hydrogen-bond acceptors (Lipinski definition) is 6. The van der Waals surface area contributed by atoms with E-state index in [1.165, 1.54) is 70.6 Å². The molecule has 1 N–H and O–H groups in total. The lowest BCUT2D eigenvalue weighted by Gasteiger charge is -2.28. The van der Waals surface area contributed by atoms with Crippen LogP contribution in [0.5, 0.6) is 0 Å². The average Bonchev–Trinajstić information content (AvgIpc) is 2.97. The van der Waals surface area contributed by atoms with Crippen molar-refractivity contribution in [3.05, 3.63) is 0 Å². The standard InChI is InChI=1S/C35H67NO5/c1-3-5-7-8-9-13-19-31-40-34(38)21-15-11-10-12-17-27-36(29-30-37)28-18-14-16-22-35(39)41-33-25-23-32(24-26-33)20-6-4-2/h32-33,37H,3-31H2,1-2H3. The summed E-state index contributed by atoms with van der Waals surface area (Å²) in [6, 6.07) is 0. The molecule has 0 amide bonds. The van der Waals surface area contributed by atoms with Crippen LogP contribution in [0, 0.1) is 5.92 Å². The van der Waals surface area contributed by atoms with Crippen molar-refractivity contribution in [3.63, 3.8) is 0 Å². The molecule has 0 aromatic rings. The average molecular weight is 582 g/mol. The van der Waals surface area contributed by atoms with Gasteiger partial charge in [-0.15, -0.1) is 0 Å². The molecule has 1 rings (SSSR count). The van der Waals surface area contributed by atoms with Gasteiger partial charge >= 0.3 is 11.9 Å². The number of carbonyl (C=O) groups excluding carboxylic acids is 2. The lowest BCUT2D eigenvalue weighted by Crippen LogP contribution is -2.29. The summed E-state index contributed by atoms with van der Waals surface area (Å²) in [5.41, 5.74) is 0. The molecule has 6 heteroatoms. The van der Waals surface area contributed by atoms with E-state index in [1.54, 1.807) is 0 Å². The van der Waals surface area contributed by atoms with Crippen molar-refractivity contribution in [3.8, 4) is 0 Å². The summed E-state index contributed by atoms with van der Waals surface area (Å²) in [7, 11) is 0. The SMILES string of the molecule is CCCCCCCCCOC(=O)CCCCCCCN(CCO)CCCCCC(=O)OC1CCC(CCCC)CC1. The second kappa shape index (κ2) is 27.7. The molecule has 0 spiro atoms. The van der Waals surface area contributed by atoms with Crippen molar-refractivity contribution in [1.82, 2.24) is 4.90 Å². The van der Waals surface area contributed by atoms with Crippen molar-refractivity contribution in [1.29, 1.82) is 0 Å². The fourth-order valence-corrected chi connectivity index (χ4v) is 5.99.